The van der Waals surface area contributed by atoms with Gasteiger partial charge in [-0.05, 0) is 69.9 Å². The van der Waals surface area contributed by atoms with Crippen molar-refractivity contribution in [2.45, 2.75) is 0 Å². The van der Waals surface area contributed by atoms with E-state index in [9.17, 15) is 18.4 Å². The third-order valence-electron chi connectivity index (χ3n) is 4.92. The number of hydrogen-bond donors (Lipinski definition) is 2. The first-order chi connectivity index (χ1) is 15.4. The van der Waals surface area contributed by atoms with Crippen molar-refractivity contribution in [2.75, 3.05) is 5.32 Å². The average molecular weight is 429 g/mol. The van der Waals surface area contributed by atoms with Crippen molar-refractivity contribution in [1.82, 2.24) is 0 Å². The molecule has 1 amide bonds. The molecule has 4 aromatic rings. The quantitative estimate of drug-likeness (QED) is 0.375. The van der Waals surface area contributed by atoms with E-state index in [1.54, 1.807) is 30.3 Å². The molecule has 0 bridgehead atoms. The minimum absolute atomic E-state index is 0.0808. The van der Waals surface area contributed by atoms with Crippen LogP contribution in [0.4, 0.5) is 14.5 Å². The predicted molar refractivity (Wildman–Crippen MR) is 120 cm³/mol. The van der Waals surface area contributed by atoms with Crippen LogP contribution >= 0.6 is 0 Å². The second-order valence-corrected chi connectivity index (χ2v) is 7.12. The smallest absolute Gasteiger partial charge is 0.328 e. The van der Waals surface area contributed by atoms with Crippen LogP contribution < -0.4 is 5.32 Å². The minimum atomic E-state index is -1.14. The van der Waals surface area contributed by atoms with Crippen molar-refractivity contribution in [3.8, 4) is 11.1 Å². The molecule has 0 heterocycles. The van der Waals surface area contributed by atoms with Crippen LogP contribution in [0.15, 0.2) is 84.9 Å². The number of aliphatic carboxylic acids is 1. The van der Waals surface area contributed by atoms with E-state index in [2.05, 4.69) is 5.32 Å². The zero-order valence-electron chi connectivity index (χ0n) is 16.7. The highest BCUT2D eigenvalue weighted by molar-refractivity contribution is 6.14. The minimum Gasteiger partial charge on any atom is -0.478 e. The summed E-state index contributed by atoms with van der Waals surface area (Å²) in [4.78, 5) is 23.9. The van der Waals surface area contributed by atoms with E-state index < -0.39 is 23.5 Å². The Labute approximate surface area is 182 Å². The fraction of sp³-hybridized carbons (Fsp3) is 0. The lowest BCUT2D eigenvalue weighted by molar-refractivity contribution is -0.131. The molecule has 0 aliphatic rings. The van der Waals surface area contributed by atoms with Gasteiger partial charge in [-0.15, -0.1) is 0 Å². The summed E-state index contributed by atoms with van der Waals surface area (Å²) in [6.07, 6.45) is 2.23. The molecule has 0 aromatic heterocycles. The van der Waals surface area contributed by atoms with Gasteiger partial charge in [0.2, 0.25) is 0 Å². The topological polar surface area (TPSA) is 66.4 Å². The van der Waals surface area contributed by atoms with Gasteiger partial charge in [-0.25, -0.2) is 13.6 Å². The molecule has 0 spiro atoms. The third-order valence-corrected chi connectivity index (χ3v) is 4.92. The van der Waals surface area contributed by atoms with Gasteiger partial charge >= 0.3 is 5.97 Å². The SMILES string of the molecule is O=C(O)/C=C/c1ccc(F)c(NC(=O)c2cc(-c3cccc(F)c3)cc3ccccc23)c1. The normalized spacial score (nSPS) is 11.1. The fourth-order valence-corrected chi connectivity index (χ4v) is 3.43. The number of nitrogens with one attached hydrogen (secondary N) is 1. The largest absolute Gasteiger partial charge is 0.478 e. The van der Waals surface area contributed by atoms with E-state index in [1.165, 1.54) is 30.3 Å². The number of anilines is 1. The summed E-state index contributed by atoms with van der Waals surface area (Å²) in [6.45, 7) is 0. The molecular weight excluding hydrogens is 412 g/mol. The summed E-state index contributed by atoms with van der Waals surface area (Å²) >= 11 is 0. The predicted octanol–water partition coefficient (Wildman–Crippen LogP) is 6.14. The van der Waals surface area contributed by atoms with Crippen LogP contribution in [0, 0.1) is 11.6 Å². The highest BCUT2D eigenvalue weighted by Gasteiger charge is 2.15. The van der Waals surface area contributed by atoms with E-state index in [0.29, 0.717) is 27.6 Å². The summed E-state index contributed by atoms with van der Waals surface area (Å²) in [7, 11) is 0. The maximum Gasteiger partial charge on any atom is 0.328 e. The Bertz CT molecular complexity index is 1380. The highest BCUT2D eigenvalue weighted by atomic mass is 19.1. The molecule has 0 aliphatic carbocycles. The van der Waals surface area contributed by atoms with Crippen LogP contribution in [0.3, 0.4) is 0 Å². The van der Waals surface area contributed by atoms with Gasteiger partial charge in [-0.1, -0.05) is 42.5 Å². The maximum atomic E-state index is 14.4. The molecule has 0 unspecified atom stereocenters. The molecule has 0 aliphatic heterocycles. The van der Waals surface area contributed by atoms with Gasteiger partial charge in [0.1, 0.15) is 11.6 Å². The van der Waals surface area contributed by atoms with Gasteiger partial charge < -0.3 is 10.4 Å². The first-order valence-electron chi connectivity index (χ1n) is 9.71. The number of carbonyl (C=O) groups is 2. The average Bonchev–Trinajstić information content (AvgIpc) is 2.78. The molecule has 158 valence electrons. The maximum absolute atomic E-state index is 14.4. The molecule has 4 rings (SSSR count). The molecule has 4 nitrogen and oxygen atoms in total. The zero-order valence-corrected chi connectivity index (χ0v) is 16.7. The van der Waals surface area contributed by atoms with Crippen molar-refractivity contribution in [1.29, 1.82) is 0 Å². The highest BCUT2D eigenvalue weighted by Crippen LogP contribution is 2.29. The number of rotatable bonds is 5. The number of carboxylic acids is 1. The second kappa shape index (κ2) is 8.81. The summed E-state index contributed by atoms with van der Waals surface area (Å²) in [5.74, 6) is -2.73. The van der Waals surface area contributed by atoms with Crippen molar-refractivity contribution in [2.24, 2.45) is 0 Å². The number of carboxylic acid groups (broad SMARTS) is 1. The Balaban J connectivity index is 1.76. The lowest BCUT2D eigenvalue weighted by atomic mass is 9.96. The molecule has 0 saturated heterocycles. The van der Waals surface area contributed by atoms with E-state index in [0.717, 1.165) is 17.5 Å². The van der Waals surface area contributed by atoms with Crippen molar-refractivity contribution >= 4 is 34.4 Å². The van der Waals surface area contributed by atoms with E-state index in [1.807, 2.05) is 18.2 Å². The van der Waals surface area contributed by atoms with Crippen LogP contribution in [0.5, 0.6) is 0 Å². The summed E-state index contributed by atoms with van der Waals surface area (Å²) in [5, 5.41) is 12.8. The zero-order chi connectivity index (χ0) is 22.7. The summed E-state index contributed by atoms with van der Waals surface area (Å²) < 4.78 is 28.1. The van der Waals surface area contributed by atoms with Gasteiger partial charge in [0.05, 0.1) is 5.69 Å². The van der Waals surface area contributed by atoms with Gasteiger partial charge in [0.15, 0.2) is 0 Å². The molecule has 0 saturated carbocycles. The Morgan fingerprint density at radius 1 is 0.844 bits per heavy atom. The van der Waals surface area contributed by atoms with Crippen molar-refractivity contribution < 1.29 is 23.5 Å². The number of carbonyl (C=O) groups excluding carboxylic acids is 1. The first kappa shape index (κ1) is 20.9. The fourth-order valence-electron chi connectivity index (χ4n) is 3.43. The molecule has 4 aromatic carbocycles. The Hall–Kier alpha value is -4.32. The molecule has 0 fully saturated rings. The number of halogens is 2. The summed E-state index contributed by atoms with van der Waals surface area (Å²) in [5.41, 5.74) is 1.89. The van der Waals surface area contributed by atoms with Gasteiger partial charge in [-0.3, -0.25) is 4.79 Å². The Morgan fingerprint density at radius 3 is 2.44 bits per heavy atom. The summed E-state index contributed by atoms with van der Waals surface area (Å²) in [6, 6.07) is 20.7. The van der Waals surface area contributed by atoms with Gasteiger partial charge in [0, 0.05) is 11.6 Å². The van der Waals surface area contributed by atoms with Gasteiger partial charge in [-0.2, -0.15) is 0 Å². The van der Waals surface area contributed by atoms with Crippen molar-refractivity contribution in [3.05, 3.63) is 108 Å². The van der Waals surface area contributed by atoms with Crippen LogP contribution in [-0.2, 0) is 4.79 Å². The second-order valence-electron chi connectivity index (χ2n) is 7.12. The molecule has 0 radical (unpaired) electrons. The molecule has 6 heteroatoms. The molecule has 2 N–H and O–H groups in total. The molecule has 0 atom stereocenters. The third kappa shape index (κ3) is 4.54. The van der Waals surface area contributed by atoms with Crippen LogP contribution in [0.2, 0.25) is 0 Å². The number of amides is 1. The number of fused-ring (bicyclic) bond motifs is 1. The van der Waals surface area contributed by atoms with Crippen LogP contribution in [0.1, 0.15) is 15.9 Å². The van der Waals surface area contributed by atoms with E-state index in [4.69, 9.17) is 5.11 Å². The molecular formula is C26H17F2NO3. The number of benzene rings is 4. The standard InChI is InChI=1S/C26H17F2NO3/c27-20-6-3-5-17(14-20)19-13-18-4-1-2-7-21(18)22(15-19)26(32)29-24-12-16(8-10-23(24)28)9-11-25(30)31/h1-15H,(H,29,32)(H,30,31)/b11-9+. The van der Waals surface area contributed by atoms with Crippen LogP contribution in [-0.4, -0.2) is 17.0 Å². The lowest BCUT2D eigenvalue weighted by Crippen LogP contribution is -2.14. The molecule has 32 heavy (non-hydrogen) atoms. The van der Waals surface area contributed by atoms with Gasteiger partial charge in [0.25, 0.3) is 5.91 Å². The van der Waals surface area contributed by atoms with Crippen LogP contribution in [0.25, 0.3) is 28.0 Å². The lowest BCUT2D eigenvalue weighted by Gasteiger charge is -2.12. The van der Waals surface area contributed by atoms with E-state index in [-0.39, 0.29) is 5.69 Å². The monoisotopic (exact) mass is 429 g/mol. The Morgan fingerprint density at radius 2 is 1.66 bits per heavy atom. The van der Waals surface area contributed by atoms with E-state index >= 15 is 0 Å². The van der Waals surface area contributed by atoms with Crippen molar-refractivity contribution in [3.63, 3.8) is 0 Å². The first-order valence-corrected chi connectivity index (χ1v) is 9.71. The Kier molecular flexibility index (Phi) is 5.77. The number of hydrogen-bond acceptors (Lipinski definition) is 2.